The first-order chi connectivity index (χ1) is 9.47. The largest absolute Gasteiger partial charge is 0.251 e. The highest BCUT2D eigenvalue weighted by Gasteiger charge is 2.17. The van der Waals surface area contributed by atoms with Gasteiger partial charge in [-0.25, -0.2) is 12.8 Å². The van der Waals surface area contributed by atoms with Crippen LogP contribution in [-0.2, 0) is 10.0 Å². The third kappa shape index (κ3) is 2.08. The summed E-state index contributed by atoms with van der Waals surface area (Å²) >= 11 is 0. The molecular formula is C14H11FN2O2S. The minimum Gasteiger partial charge on any atom is -0.207 e. The highest BCUT2D eigenvalue weighted by atomic mass is 32.2. The van der Waals surface area contributed by atoms with Gasteiger partial charge in [0.05, 0.1) is 11.8 Å². The maximum absolute atomic E-state index is 13.0. The van der Waals surface area contributed by atoms with Gasteiger partial charge in [0.15, 0.2) is 0 Å². The van der Waals surface area contributed by atoms with Gasteiger partial charge in [-0.3, -0.25) is 0 Å². The van der Waals surface area contributed by atoms with Crippen molar-refractivity contribution in [3.63, 3.8) is 0 Å². The first-order valence-corrected chi connectivity index (χ1v) is 7.76. The number of fused-ring (bicyclic) bond motifs is 1. The summed E-state index contributed by atoms with van der Waals surface area (Å²) in [6.45, 7) is 0. The molecule has 0 aliphatic carbocycles. The lowest BCUT2D eigenvalue weighted by atomic mass is 10.1. The smallest absolute Gasteiger partial charge is 0.207 e. The van der Waals surface area contributed by atoms with Crippen LogP contribution in [0, 0.1) is 5.82 Å². The van der Waals surface area contributed by atoms with Crippen LogP contribution in [0.2, 0.25) is 0 Å². The van der Waals surface area contributed by atoms with Crippen LogP contribution in [0.4, 0.5) is 4.39 Å². The lowest BCUT2D eigenvalue weighted by molar-refractivity contribution is 0.588. The average molecular weight is 290 g/mol. The van der Waals surface area contributed by atoms with Gasteiger partial charge in [-0.05, 0) is 30.3 Å². The molecule has 0 radical (unpaired) electrons. The quantitative estimate of drug-likeness (QED) is 0.729. The molecule has 2 aromatic carbocycles. The van der Waals surface area contributed by atoms with E-state index in [0.29, 0.717) is 22.2 Å². The highest BCUT2D eigenvalue weighted by molar-refractivity contribution is 7.89. The van der Waals surface area contributed by atoms with E-state index in [2.05, 4.69) is 5.10 Å². The Bertz CT molecular complexity index is 883. The fourth-order valence-electron chi connectivity index (χ4n) is 2.11. The van der Waals surface area contributed by atoms with E-state index in [1.807, 2.05) is 6.07 Å². The van der Waals surface area contributed by atoms with Gasteiger partial charge >= 0.3 is 0 Å². The Morgan fingerprint density at radius 2 is 1.70 bits per heavy atom. The van der Waals surface area contributed by atoms with Gasteiger partial charge in [0.2, 0.25) is 0 Å². The van der Waals surface area contributed by atoms with E-state index in [1.165, 1.54) is 12.1 Å². The SMILES string of the molecule is CS(=O)(=O)n1nc(-c2ccc(F)cc2)c2ccccc21. The Balaban J connectivity index is 2.35. The van der Waals surface area contributed by atoms with Crippen molar-refractivity contribution >= 4 is 20.9 Å². The summed E-state index contributed by atoms with van der Waals surface area (Å²) in [6, 6.07) is 12.9. The van der Waals surface area contributed by atoms with Crippen molar-refractivity contribution in [2.45, 2.75) is 0 Å². The third-order valence-corrected chi connectivity index (χ3v) is 3.89. The van der Waals surface area contributed by atoms with E-state index < -0.39 is 10.0 Å². The molecule has 0 spiro atoms. The van der Waals surface area contributed by atoms with E-state index in [1.54, 1.807) is 30.3 Å². The Hall–Kier alpha value is -2.21. The molecule has 0 bridgehead atoms. The number of aromatic nitrogens is 2. The third-order valence-electron chi connectivity index (χ3n) is 2.99. The second-order valence-corrected chi connectivity index (χ2v) is 6.29. The van der Waals surface area contributed by atoms with Crippen LogP contribution in [0.3, 0.4) is 0 Å². The summed E-state index contributed by atoms with van der Waals surface area (Å²) in [6.07, 6.45) is 1.10. The van der Waals surface area contributed by atoms with E-state index in [0.717, 1.165) is 10.3 Å². The molecule has 6 heteroatoms. The van der Waals surface area contributed by atoms with Crippen LogP contribution in [-0.4, -0.2) is 23.9 Å². The molecule has 1 aromatic heterocycles. The Morgan fingerprint density at radius 1 is 1.05 bits per heavy atom. The molecular weight excluding hydrogens is 279 g/mol. The van der Waals surface area contributed by atoms with Crippen molar-refractivity contribution in [1.29, 1.82) is 0 Å². The van der Waals surface area contributed by atoms with Crippen LogP contribution in [0.15, 0.2) is 48.5 Å². The van der Waals surface area contributed by atoms with Crippen LogP contribution in [0.1, 0.15) is 0 Å². The highest BCUT2D eigenvalue weighted by Crippen LogP contribution is 2.28. The Labute approximate surface area is 115 Å². The summed E-state index contributed by atoms with van der Waals surface area (Å²) < 4.78 is 37.6. The van der Waals surface area contributed by atoms with E-state index >= 15 is 0 Å². The van der Waals surface area contributed by atoms with Gasteiger partial charge in [0, 0.05) is 10.9 Å². The molecule has 102 valence electrons. The second-order valence-electron chi connectivity index (χ2n) is 4.48. The van der Waals surface area contributed by atoms with Gasteiger partial charge in [-0.1, -0.05) is 18.2 Å². The summed E-state index contributed by atoms with van der Waals surface area (Å²) in [4.78, 5) is 0. The standard InChI is InChI=1S/C14H11FN2O2S/c1-20(18,19)17-13-5-3-2-4-12(13)14(16-17)10-6-8-11(15)9-7-10/h2-9H,1H3. The molecule has 0 aliphatic heterocycles. The number of para-hydroxylation sites is 1. The summed E-state index contributed by atoms with van der Waals surface area (Å²) in [5.41, 5.74) is 1.70. The topological polar surface area (TPSA) is 52.0 Å². The number of rotatable bonds is 2. The fourth-order valence-corrected chi connectivity index (χ4v) is 2.86. The van der Waals surface area contributed by atoms with Gasteiger partial charge in [0.1, 0.15) is 11.5 Å². The van der Waals surface area contributed by atoms with Crippen molar-refractivity contribution in [2.75, 3.05) is 6.26 Å². The zero-order valence-electron chi connectivity index (χ0n) is 10.6. The maximum atomic E-state index is 13.0. The van der Waals surface area contributed by atoms with Crippen molar-refractivity contribution in [2.24, 2.45) is 0 Å². The molecule has 0 amide bonds. The van der Waals surface area contributed by atoms with Crippen LogP contribution < -0.4 is 0 Å². The molecule has 3 aromatic rings. The van der Waals surface area contributed by atoms with E-state index in [-0.39, 0.29) is 5.82 Å². The number of hydrogen-bond acceptors (Lipinski definition) is 3. The van der Waals surface area contributed by atoms with Crippen molar-refractivity contribution in [1.82, 2.24) is 9.19 Å². The molecule has 20 heavy (non-hydrogen) atoms. The van der Waals surface area contributed by atoms with Gasteiger partial charge < -0.3 is 0 Å². The lowest BCUT2D eigenvalue weighted by Crippen LogP contribution is -2.11. The summed E-state index contributed by atoms with van der Waals surface area (Å²) in [7, 11) is -3.49. The van der Waals surface area contributed by atoms with E-state index in [9.17, 15) is 12.8 Å². The zero-order chi connectivity index (χ0) is 14.3. The van der Waals surface area contributed by atoms with E-state index in [4.69, 9.17) is 0 Å². The van der Waals surface area contributed by atoms with Crippen LogP contribution >= 0.6 is 0 Å². The summed E-state index contributed by atoms with van der Waals surface area (Å²) in [5.74, 6) is -0.347. The minimum absolute atomic E-state index is 0.347. The number of benzene rings is 2. The van der Waals surface area contributed by atoms with Crippen molar-refractivity contribution in [3.8, 4) is 11.3 Å². The van der Waals surface area contributed by atoms with Crippen molar-refractivity contribution < 1.29 is 12.8 Å². The molecule has 0 aliphatic rings. The number of hydrogen-bond donors (Lipinski definition) is 0. The van der Waals surface area contributed by atoms with Gasteiger partial charge in [0.25, 0.3) is 10.0 Å². The molecule has 3 rings (SSSR count). The second kappa shape index (κ2) is 4.42. The predicted octanol–water partition coefficient (Wildman–Crippen LogP) is 2.65. The van der Waals surface area contributed by atoms with Crippen LogP contribution in [0.25, 0.3) is 22.2 Å². The lowest BCUT2D eigenvalue weighted by Gasteiger charge is -1.98. The van der Waals surface area contributed by atoms with Gasteiger partial charge in [-0.15, -0.1) is 0 Å². The molecule has 0 unspecified atom stereocenters. The molecule has 4 nitrogen and oxygen atoms in total. The first-order valence-electron chi connectivity index (χ1n) is 5.91. The predicted molar refractivity (Wildman–Crippen MR) is 75.4 cm³/mol. The number of halogens is 1. The maximum Gasteiger partial charge on any atom is 0.251 e. The van der Waals surface area contributed by atoms with Crippen molar-refractivity contribution in [3.05, 3.63) is 54.3 Å². The average Bonchev–Trinajstić information content (AvgIpc) is 2.79. The number of nitrogens with zero attached hydrogens (tertiary/aromatic N) is 2. The monoisotopic (exact) mass is 290 g/mol. The summed E-state index contributed by atoms with van der Waals surface area (Å²) in [5, 5.41) is 4.88. The molecule has 1 heterocycles. The molecule has 0 fully saturated rings. The zero-order valence-corrected chi connectivity index (χ0v) is 11.4. The molecule has 0 atom stereocenters. The normalized spacial score (nSPS) is 11.9. The first kappa shape index (κ1) is 12.8. The molecule has 0 saturated carbocycles. The fraction of sp³-hybridized carbons (Fsp3) is 0.0714. The Kier molecular flexibility index (Phi) is 2.83. The van der Waals surface area contributed by atoms with Gasteiger partial charge in [-0.2, -0.15) is 9.19 Å². The molecule has 0 N–H and O–H groups in total. The minimum atomic E-state index is -3.49. The molecule has 0 saturated heterocycles. The Morgan fingerprint density at radius 3 is 2.35 bits per heavy atom. The van der Waals surface area contributed by atoms with Crippen LogP contribution in [0.5, 0.6) is 0 Å².